The summed E-state index contributed by atoms with van der Waals surface area (Å²) in [5, 5.41) is 10.6. The van der Waals surface area contributed by atoms with Crippen LogP contribution in [0, 0.1) is 23.7 Å². The zero-order valence-electron chi connectivity index (χ0n) is 62.3. The minimum Gasteiger partial charge on any atom is -0.462 e. The van der Waals surface area contributed by atoms with Crippen molar-refractivity contribution in [2.45, 2.75) is 401 Å². The minimum atomic E-state index is -4.96. The van der Waals surface area contributed by atoms with Crippen LogP contribution in [-0.2, 0) is 65.4 Å². The van der Waals surface area contributed by atoms with Crippen LogP contribution in [0.2, 0.25) is 0 Å². The molecule has 564 valence electrons. The predicted molar refractivity (Wildman–Crippen MR) is 386 cm³/mol. The van der Waals surface area contributed by atoms with Crippen LogP contribution < -0.4 is 0 Å². The van der Waals surface area contributed by atoms with Crippen molar-refractivity contribution in [3.05, 3.63) is 0 Å². The highest BCUT2D eigenvalue weighted by atomic mass is 31.2. The summed E-state index contributed by atoms with van der Waals surface area (Å²) in [5.41, 5.74) is 0. The van der Waals surface area contributed by atoms with Crippen molar-refractivity contribution in [1.29, 1.82) is 0 Å². The van der Waals surface area contributed by atoms with Crippen LogP contribution in [0.4, 0.5) is 0 Å². The molecule has 19 heteroatoms. The van der Waals surface area contributed by atoms with E-state index in [1.54, 1.807) is 0 Å². The van der Waals surface area contributed by atoms with Crippen molar-refractivity contribution in [2.75, 3.05) is 39.6 Å². The molecule has 0 spiro atoms. The summed E-state index contributed by atoms with van der Waals surface area (Å²) in [6.07, 6.45) is 50.0. The minimum absolute atomic E-state index is 0.105. The molecule has 5 atom stereocenters. The summed E-state index contributed by atoms with van der Waals surface area (Å²) in [6, 6.07) is 0. The van der Waals surface area contributed by atoms with Gasteiger partial charge < -0.3 is 33.8 Å². The van der Waals surface area contributed by atoms with Gasteiger partial charge in [-0.3, -0.25) is 37.3 Å². The number of rotatable bonds is 73. The van der Waals surface area contributed by atoms with Gasteiger partial charge >= 0.3 is 39.5 Å². The molecular formula is C76H148O17P2. The van der Waals surface area contributed by atoms with Gasteiger partial charge in [0.15, 0.2) is 12.2 Å². The average Bonchev–Trinajstić information content (AvgIpc) is 1.94. The van der Waals surface area contributed by atoms with E-state index in [9.17, 15) is 43.2 Å². The lowest BCUT2D eigenvalue weighted by Gasteiger charge is -2.21. The first-order valence-corrected chi connectivity index (χ1v) is 42.2. The van der Waals surface area contributed by atoms with E-state index < -0.39 is 97.5 Å². The smallest absolute Gasteiger partial charge is 0.462 e. The molecule has 0 bridgehead atoms. The maximum Gasteiger partial charge on any atom is 0.472 e. The molecule has 0 amide bonds. The third-order valence-electron chi connectivity index (χ3n) is 17.6. The molecule has 17 nitrogen and oxygen atoms in total. The molecule has 0 aliphatic rings. The Morgan fingerprint density at radius 3 is 0.653 bits per heavy atom. The Morgan fingerprint density at radius 1 is 0.263 bits per heavy atom. The molecule has 0 aromatic heterocycles. The van der Waals surface area contributed by atoms with E-state index in [1.807, 2.05) is 0 Å². The molecule has 0 aliphatic carbocycles. The fraction of sp³-hybridized carbons (Fsp3) is 0.947. The standard InChI is InChI=1S/C76H148O17P2/c1-66(2)52-44-36-28-21-15-12-10-9-11-13-17-24-32-40-48-56-73(78)86-62-71(92-75(80)58-50-42-33-25-18-14-16-22-29-37-45-53-67(3)4)64-90-94(82,83)88-60-70(77)61-89-95(84,85)91-65-72(63-87-74(79)57-49-41-35-27-31-39-47-55-69(7)8)93-76(81)59-51-43-34-26-20-19-23-30-38-46-54-68(5)6/h66-72,77H,9-65H2,1-8H3,(H,82,83)(H,84,85)/t70?,71-,72-/m1/s1. The Morgan fingerprint density at radius 2 is 0.442 bits per heavy atom. The first kappa shape index (κ1) is 93.1. The van der Waals surface area contributed by atoms with E-state index in [-0.39, 0.29) is 25.7 Å². The summed E-state index contributed by atoms with van der Waals surface area (Å²) < 4.78 is 68.5. The quantitative estimate of drug-likeness (QED) is 0.0222. The number of aliphatic hydroxyl groups excluding tert-OH is 1. The summed E-state index contributed by atoms with van der Waals surface area (Å²) in [4.78, 5) is 72.8. The number of hydrogen-bond donors (Lipinski definition) is 3. The van der Waals surface area contributed by atoms with E-state index in [2.05, 4.69) is 55.4 Å². The Hall–Kier alpha value is -1.94. The second-order valence-corrected chi connectivity index (χ2v) is 32.2. The Kier molecular flexibility index (Phi) is 64.0. The maximum absolute atomic E-state index is 13.1. The zero-order valence-corrected chi connectivity index (χ0v) is 64.1. The van der Waals surface area contributed by atoms with Crippen molar-refractivity contribution in [2.24, 2.45) is 23.7 Å². The van der Waals surface area contributed by atoms with E-state index in [4.69, 9.17) is 37.0 Å². The lowest BCUT2D eigenvalue weighted by molar-refractivity contribution is -0.161. The highest BCUT2D eigenvalue weighted by Crippen LogP contribution is 2.45. The lowest BCUT2D eigenvalue weighted by Crippen LogP contribution is -2.30. The monoisotopic (exact) mass is 1400 g/mol. The van der Waals surface area contributed by atoms with Crippen molar-refractivity contribution >= 4 is 39.5 Å². The Balaban J connectivity index is 5.24. The molecule has 0 radical (unpaired) electrons. The van der Waals surface area contributed by atoms with Gasteiger partial charge in [0.2, 0.25) is 0 Å². The number of phosphoric acid groups is 2. The maximum atomic E-state index is 13.1. The van der Waals surface area contributed by atoms with Gasteiger partial charge in [0.05, 0.1) is 26.4 Å². The largest absolute Gasteiger partial charge is 0.472 e. The van der Waals surface area contributed by atoms with Crippen LogP contribution >= 0.6 is 15.6 Å². The SMILES string of the molecule is CC(C)CCCCCCCCCCCCCCCCCC(=O)OC[C@H](COP(=O)(O)OCC(O)COP(=O)(O)OC[C@@H](COC(=O)CCCCCCCCCC(C)C)OC(=O)CCCCCCCCCCCCC(C)C)OC(=O)CCCCCCCCCCCCCC(C)C. The van der Waals surface area contributed by atoms with Gasteiger partial charge in [-0.2, -0.15) is 0 Å². The number of hydrogen-bond acceptors (Lipinski definition) is 15. The normalized spacial score (nSPS) is 14.1. The number of carbonyl (C=O) groups is 4. The molecule has 0 saturated carbocycles. The molecule has 0 heterocycles. The molecular weight excluding hydrogens is 1250 g/mol. The van der Waals surface area contributed by atoms with Crippen LogP contribution in [0.3, 0.4) is 0 Å². The third kappa shape index (κ3) is 70.3. The van der Waals surface area contributed by atoms with Crippen LogP contribution in [0.5, 0.6) is 0 Å². The van der Waals surface area contributed by atoms with Gasteiger partial charge in [-0.25, -0.2) is 9.13 Å². The Bertz CT molecular complexity index is 1870. The van der Waals surface area contributed by atoms with Gasteiger partial charge in [0.25, 0.3) is 0 Å². The van der Waals surface area contributed by atoms with E-state index in [0.29, 0.717) is 31.6 Å². The average molecular weight is 1400 g/mol. The van der Waals surface area contributed by atoms with Crippen LogP contribution in [0.1, 0.15) is 383 Å². The molecule has 0 rings (SSSR count). The van der Waals surface area contributed by atoms with Gasteiger partial charge in [-0.1, -0.05) is 331 Å². The molecule has 3 N–H and O–H groups in total. The molecule has 3 unspecified atom stereocenters. The summed E-state index contributed by atoms with van der Waals surface area (Å²) >= 11 is 0. The highest BCUT2D eigenvalue weighted by Gasteiger charge is 2.30. The summed E-state index contributed by atoms with van der Waals surface area (Å²) in [5.74, 6) is 0.907. The summed E-state index contributed by atoms with van der Waals surface area (Å²) in [7, 11) is -9.91. The van der Waals surface area contributed by atoms with Gasteiger partial charge in [0, 0.05) is 25.7 Å². The van der Waals surface area contributed by atoms with Crippen molar-refractivity contribution < 1.29 is 80.2 Å². The van der Waals surface area contributed by atoms with Gasteiger partial charge in [-0.15, -0.1) is 0 Å². The first-order valence-electron chi connectivity index (χ1n) is 39.2. The number of esters is 4. The second-order valence-electron chi connectivity index (χ2n) is 29.3. The van der Waals surface area contributed by atoms with E-state index >= 15 is 0 Å². The Labute approximate surface area is 581 Å². The van der Waals surface area contributed by atoms with Crippen LogP contribution in [0.15, 0.2) is 0 Å². The molecule has 0 aromatic carbocycles. The van der Waals surface area contributed by atoms with Gasteiger partial charge in [0.1, 0.15) is 19.3 Å². The third-order valence-corrected chi connectivity index (χ3v) is 19.5. The predicted octanol–water partition coefficient (Wildman–Crippen LogP) is 22.0. The van der Waals surface area contributed by atoms with E-state index in [1.165, 1.54) is 180 Å². The van der Waals surface area contributed by atoms with Crippen molar-refractivity contribution in [3.63, 3.8) is 0 Å². The molecule has 0 fully saturated rings. The highest BCUT2D eigenvalue weighted by molar-refractivity contribution is 7.47. The van der Waals surface area contributed by atoms with E-state index in [0.717, 1.165) is 114 Å². The molecule has 0 aliphatic heterocycles. The summed E-state index contributed by atoms with van der Waals surface area (Å²) in [6.45, 7) is 14.2. The molecule has 0 aromatic rings. The first-order chi connectivity index (χ1) is 45.6. The number of carbonyl (C=O) groups excluding carboxylic acids is 4. The zero-order chi connectivity index (χ0) is 70.3. The van der Waals surface area contributed by atoms with Crippen LogP contribution in [0.25, 0.3) is 0 Å². The van der Waals surface area contributed by atoms with Crippen molar-refractivity contribution in [1.82, 2.24) is 0 Å². The number of ether oxygens (including phenoxy) is 4. The fourth-order valence-corrected chi connectivity index (χ4v) is 13.1. The molecule has 0 saturated heterocycles. The number of aliphatic hydroxyl groups is 1. The van der Waals surface area contributed by atoms with Gasteiger partial charge in [-0.05, 0) is 49.4 Å². The second kappa shape index (κ2) is 65.4. The van der Waals surface area contributed by atoms with Crippen molar-refractivity contribution in [3.8, 4) is 0 Å². The molecule has 95 heavy (non-hydrogen) atoms. The fourth-order valence-electron chi connectivity index (χ4n) is 11.6. The lowest BCUT2D eigenvalue weighted by atomic mass is 10.0. The number of phosphoric ester groups is 2. The van der Waals surface area contributed by atoms with Crippen LogP contribution in [-0.4, -0.2) is 96.7 Å². The topological polar surface area (TPSA) is 237 Å². The number of unbranched alkanes of at least 4 members (excludes halogenated alkanes) is 39.